The second-order valence-corrected chi connectivity index (χ2v) is 11.2. The van der Waals surface area contributed by atoms with Crippen LogP contribution in [0.5, 0.6) is 0 Å². The molecule has 1 saturated heterocycles. The molecule has 166 valence electrons. The van der Waals surface area contributed by atoms with Gasteiger partial charge in [-0.1, -0.05) is 32.9 Å². The van der Waals surface area contributed by atoms with Gasteiger partial charge in [-0.3, -0.25) is 4.79 Å². The van der Waals surface area contributed by atoms with E-state index in [1.165, 1.54) is 28.6 Å². The summed E-state index contributed by atoms with van der Waals surface area (Å²) < 4.78 is 27.7. The number of carboxylic acids is 1. The van der Waals surface area contributed by atoms with E-state index in [-0.39, 0.29) is 34.1 Å². The van der Waals surface area contributed by atoms with Crippen LogP contribution < -0.4 is 5.32 Å². The highest BCUT2D eigenvalue weighted by atomic mass is 32.2. The first-order chi connectivity index (χ1) is 14.4. The molecular formula is C22H26N2O5S2. The first-order valence-electron chi connectivity index (χ1n) is 9.84. The molecule has 2 unspecified atom stereocenters. The number of nitrogens with one attached hydrogen (secondary N) is 1. The van der Waals surface area contributed by atoms with Crippen molar-refractivity contribution in [2.24, 2.45) is 0 Å². The third kappa shape index (κ3) is 5.11. The molecule has 0 aromatic heterocycles. The lowest BCUT2D eigenvalue weighted by molar-refractivity contribution is -0.119. The standard InChI is InChI=1S/C22H26N2O5S2/c1-22(2,3)15-6-10-18(11-7-15)31(28,29)24-13-17(30)12-19(24)20(25)23-16-8-4-14(5-9-16)21(26)27/h4-11,17,19,30H,12-13H2,1-3H3,(H,23,25)(H,26,27). The molecule has 2 aromatic rings. The molecule has 1 heterocycles. The third-order valence-electron chi connectivity index (χ3n) is 5.26. The molecule has 1 amide bonds. The van der Waals surface area contributed by atoms with Crippen LogP contribution in [0.2, 0.25) is 0 Å². The Hall–Kier alpha value is -2.36. The van der Waals surface area contributed by atoms with Gasteiger partial charge in [0, 0.05) is 17.5 Å². The van der Waals surface area contributed by atoms with Gasteiger partial charge >= 0.3 is 5.97 Å². The van der Waals surface area contributed by atoms with Gasteiger partial charge in [-0.2, -0.15) is 16.9 Å². The Kier molecular flexibility index (Phi) is 6.50. The van der Waals surface area contributed by atoms with Gasteiger partial charge in [-0.15, -0.1) is 0 Å². The number of sulfonamides is 1. The van der Waals surface area contributed by atoms with E-state index in [1.807, 2.05) is 20.8 Å². The minimum Gasteiger partial charge on any atom is -0.478 e. The van der Waals surface area contributed by atoms with Gasteiger partial charge in [0.1, 0.15) is 6.04 Å². The molecule has 7 nitrogen and oxygen atoms in total. The molecule has 1 aliphatic heterocycles. The predicted octanol–water partition coefficient (Wildman–Crippen LogP) is 3.38. The van der Waals surface area contributed by atoms with Gasteiger partial charge in [-0.05, 0) is 53.8 Å². The second kappa shape index (κ2) is 8.64. The van der Waals surface area contributed by atoms with Crippen molar-refractivity contribution in [2.45, 2.75) is 48.8 Å². The molecule has 1 aliphatic rings. The highest BCUT2D eigenvalue weighted by Gasteiger charge is 2.43. The number of carbonyl (C=O) groups is 2. The molecule has 31 heavy (non-hydrogen) atoms. The van der Waals surface area contributed by atoms with Gasteiger partial charge in [0.15, 0.2) is 0 Å². The van der Waals surface area contributed by atoms with Crippen molar-refractivity contribution in [3.05, 3.63) is 59.7 Å². The maximum absolute atomic E-state index is 13.3. The SMILES string of the molecule is CC(C)(C)c1ccc(S(=O)(=O)N2CC(S)CC2C(=O)Nc2ccc(C(=O)O)cc2)cc1. The van der Waals surface area contributed by atoms with Crippen LogP contribution in [0.4, 0.5) is 5.69 Å². The lowest BCUT2D eigenvalue weighted by Gasteiger charge is -2.24. The molecule has 3 rings (SSSR count). The normalized spacial score (nSPS) is 19.9. The summed E-state index contributed by atoms with van der Waals surface area (Å²) >= 11 is 4.41. The molecule has 2 atom stereocenters. The number of aromatic carboxylic acids is 1. The summed E-state index contributed by atoms with van der Waals surface area (Å²) in [7, 11) is -3.89. The highest BCUT2D eigenvalue weighted by Crippen LogP contribution is 2.31. The Labute approximate surface area is 187 Å². The number of hydrogen-bond donors (Lipinski definition) is 3. The maximum Gasteiger partial charge on any atom is 0.335 e. The van der Waals surface area contributed by atoms with E-state index >= 15 is 0 Å². The third-order valence-corrected chi connectivity index (χ3v) is 7.53. The monoisotopic (exact) mass is 462 g/mol. The van der Waals surface area contributed by atoms with E-state index in [9.17, 15) is 18.0 Å². The number of carboxylic acid groups (broad SMARTS) is 1. The van der Waals surface area contributed by atoms with Crippen LogP contribution in [0, 0.1) is 0 Å². The number of benzene rings is 2. The zero-order valence-electron chi connectivity index (χ0n) is 17.6. The van der Waals surface area contributed by atoms with Crippen LogP contribution >= 0.6 is 12.6 Å². The largest absolute Gasteiger partial charge is 0.478 e. The Balaban J connectivity index is 1.82. The molecule has 0 aliphatic carbocycles. The zero-order valence-corrected chi connectivity index (χ0v) is 19.3. The smallest absolute Gasteiger partial charge is 0.335 e. The molecular weight excluding hydrogens is 436 g/mol. The van der Waals surface area contributed by atoms with Gasteiger partial charge in [0.05, 0.1) is 10.5 Å². The first-order valence-corrected chi connectivity index (χ1v) is 11.8. The zero-order chi connectivity index (χ0) is 23.0. The summed E-state index contributed by atoms with van der Waals surface area (Å²) in [6, 6.07) is 11.5. The number of nitrogens with zero attached hydrogens (tertiary/aromatic N) is 1. The van der Waals surface area contributed by atoms with Crippen molar-refractivity contribution in [2.75, 3.05) is 11.9 Å². The van der Waals surface area contributed by atoms with Crippen molar-refractivity contribution < 1.29 is 23.1 Å². The van der Waals surface area contributed by atoms with E-state index in [2.05, 4.69) is 17.9 Å². The molecule has 0 bridgehead atoms. The van der Waals surface area contributed by atoms with Gasteiger partial charge in [0.25, 0.3) is 0 Å². The topological polar surface area (TPSA) is 104 Å². The van der Waals surface area contributed by atoms with Gasteiger partial charge in [0.2, 0.25) is 15.9 Å². The van der Waals surface area contributed by atoms with E-state index in [0.717, 1.165) is 5.56 Å². The van der Waals surface area contributed by atoms with Crippen LogP contribution in [-0.2, 0) is 20.2 Å². The molecule has 0 spiro atoms. The van der Waals surface area contributed by atoms with Crippen molar-refractivity contribution in [1.82, 2.24) is 4.31 Å². The van der Waals surface area contributed by atoms with E-state index in [4.69, 9.17) is 5.11 Å². The summed E-state index contributed by atoms with van der Waals surface area (Å²) in [4.78, 5) is 24.0. The minimum absolute atomic E-state index is 0.0946. The van der Waals surface area contributed by atoms with Crippen molar-refractivity contribution in [3.8, 4) is 0 Å². The fourth-order valence-corrected chi connectivity index (χ4v) is 5.60. The number of anilines is 1. The van der Waals surface area contributed by atoms with Crippen molar-refractivity contribution in [3.63, 3.8) is 0 Å². The first kappa shape index (κ1) is 23.3. The van der Waals surface area contributed by atoms with Crippen LogP contribution in [0.25, 0.3) is 0 Å². The Morgan fingerprint density at radius 3 is 2.16 bits per heavy atom. The lowest BCUT2D eigenvalue weighted by Crippen LogP contribution is -2.43. The summed E-state index contributed by atoms with van der Waals surface area (Å²) in [5.74, 6) is -1.55. The van der Waals surface area contributed by atoms with E-state index in [1.54, 1.807) is 24.3 Å². The maximum atomic E-state index is 13.3. The number of rotatable bonds is 5. The quantitative estimate of drug-likeness (QED) is 0.591. The molecule has 0 saturated carbocycles. The Morgan fingerprint density at radius 1 is 1.06 bits per heavy atom. The fourth-order valence-electron chi connectivity index (χ4n) is 3.47. The Bertz CT molecular complexity index is 1070. The summed E-state index contributed by atoms with van der Waals surface area (Å²) in [5, 5.41) is 11.4. The summed E-state index contributed by atoms with van der Waals surface area (Å²) in [5.41, 5.74) is 1.39. The van der Waals surface area contributed by atoms with Crippen molar-refractivity contribution >= 4 is 40.2 Å². The van der Waals surface area contributed by atoms with Crippen LogP contribution in [0.1, 0.15) is 43.1 Å². The van der Waals surface area contributed by atoms with Crippen LogP contribution in [0.3, 0.4) is 0 Å². The Morgan fingerprint density at radius 2 is 1.65 bits per heavy atom. The molecule has 9 heteroatoms. The average molecular weight is 463 g/mol. The lowest BCUT2D eigenvalue weighted by atomic mass is 9.87. The van der Waals surface area contributed by atoms with Gasteiger partial charge < -0.3 is 10.4 Å². The number of amides is 1. The number of hydrogen-bond acceptors (Lipinski definition) is 5. The average Bonchev–Trinajstić information content (AvgIpc) is 3.10. The summed E-state index contributed by atoms with van der Waals surface area (Å²) in [6.07, 6.45) is 0.279. The van der Waals surface area contributed by atoms with Gasteiger partial charge in [-0.25, -0.2) is 13.2 Å². The fraction of sp³-hybridized carbons (Fsp3) is 0.364. The molecule has 2 aromatic carbocycles. The molecule has 1 fully saturated rings. The number of carbonyl (C=O) groups excluding carboxylic acids is 1. The minimum atomic E-state index is -3.89. The van der Waals surface area contributed by atoms with E-state index in [0.29, 0.717) is 5.69 Å². The van der Waals surface area contributed by atoms with Crippen LogP contribution in [-0.4, -0.2) is 47.5 Å². The molecule has 2 N–H and O–H groups in total. The number of thiol groups is 1. The predicted molar refractivity (Wildman–Crippen MR) is 122 cm³/mol. The van der Waals surface area contributed by atoms with E-state index < -0.39 is 27.9 Å². The summed E-state index contributed by atoms with van der Waals surface area (Å²) in [6.45, 7) is 6.27. The van der Waals surface area contributed by atoms with Crippen molar-refractivity contribution in [1.29, 1.82) is 0 Å². The molecule has 0 radical (unpaired) electrons. The second-order valence-electron chi connectivity index (χ2n) is 8.63. The van der Waals surface area contributed by atoms with Crippen LogP contribution in [0.15, 0.2) is 53.4 Å². The highest BCUT2D eigenvalue weighted by molar-refractivity contribution is 7.89.